The highest BCUT2D eigenvalue weighted by atomic mass is 32.1. The quantitative estimate of drug-likeness (QED) is 0.177. The topological polar surface area (TPSA) is 57.4 Å². The molecule has 0 aliphatic heterocycles. The first kappa shape index (κ1) is 39.0. The van der Waals surface area contributed by atoms with Gasteiger partial charge in [0.15, 0.2) is 0 Å². The summed E-state index contributed by atoms with van der Waals surface area (Å²) in [6, 6.07) is 78.9. The molecule has 4 aromatic heterocycles. The summed E-state index contributed by atoms with van der Waals surface area (Å²) in [4.78, 5) is 0. The van der Waals surface area contributed by atoms with Gasteiger partial charge in [0.1, 0.15) is 12.1 Å². The van der Waals surface area contributed by atoms with Gasteiger partial charge in [-0.05, 0) is 56.9 Å². The highest BCUT2D eigenvalue weighted by Crippen LogP contribution is 2.53. The highest BCUT2D eigenvalue weighted by Gasteiger charge is 2.34. The van der Waals surface area contributed by atoms with E-state index in [-0.39, 0.29) is 0 Å². The number of fused-ring (bicyclic) bond motifs is 16. The van der Waals surface area contributed by atoms with Crippen LogP contribution in [-0.2, 0) is 0 Å². The molecule has 0 saturated heterocycles. The molecular formula is C64H34N4S2. The molecule has 4 heterocycles. The van der Waals surface area contributed by atoms with Crippen LogP contribution in [0.15, 0.2) is 206 Å². The molecule has 0 atom stereocenters. The molecule has 0 saturated carbocycles. The Morgan fingerprint density at radius 3 is 1.16 bits per heavy atom. The van der Waals surface area contributed by atoms with Crippen molar-refractivity contribution < 1.29 is 0 Å². The lowest BCUT2D eigenvalue weighted by atomic mass is 9.84. The smallest absolute Gasteiger partial charge is 0.102 e. The number of aromatic nitrogens is 2. The third-order valence-electron chi connectivity index (χ3n) is 14.6. The maximum absolute atomic E-state index is 12.3. The number of nitrogens with zero attached hydrogens (tertiary/aromatic N) is 4. The van der Waals surface area contributed by atoms with Crippen LogP contribution in [0.5, 0.6) is 0 Å². The van der Waals surface area contributed by atoms with Gasteiger partial charge in [-0.2, -0.15) is 10.5 Å². The first-order valence-electron chi connectivity index (χ1n) is 23.4. The Kier molecular flexibility index (Phi) is 8.21. The summed E-state index contributed by atoms with van der Waals surface area (Å²) >= 11 is 3.58. The largest absolute Gasteiger partial charge is 0.306 e. The number of thiophene rings is 2. The molecule has 322 valence electrons. The highest BCUT2D eigenvalue weighted by molar-refractivity contribution is 7.27. The minimum absolute atomic E-state index is 0.438. The molecule has 0 aliphatic rings. The van der Waals surface area contributed by atoms with Gasteiger partial charge in [-0.1, -0.05) is 182 Å². The Morgan fingerprint density at radius 1 is 0.314 bits per heavy atom. The van der Waals surface area contributed by atoms with Gasteiger partial charge in [-0.15, -0.1) is 22.7 Å². The average molecular weight is 923 g/mol. The summed E-state index contributed by atoms with van der Waals surface area (Å²) in [7, 11) is 0. The molecule has 70 heavy (non-hydrogen) atoms. The predicted molar refractivity (Wildman–Crippen MR) is 296 cm³/mol. The number of para-hydroxylation sites is 2. The molecule has 15 rings (SSSR count). The molecule has 0 radical (unpaired) electrons. The number of rotatable bonds is 4. The summed E-state index contributed by atoms with van der Waals surface area (Å²) in [6.45, 7) is 0. The van der Waals surface area contributed by atoms with Crippen molar-refractivity contribution >= 4 is 128 Å². The fourth-order valence-corrected chi connectivity index (χ4v) is 14.2. The number of benzene rings is 11. The van der Waals surface area contributed by atoms with Gasteiger partial charge in [0.25, 0.3) is 0 Å². The lowest BCUT2D eigenvalue weighted by molar-refractivity contribution is 1.13. The lowest BCUT2D eigenvalue weighted by Crippen LogP contribution is -2.11. The van der Waals surface area contributed by atoms with Crippen LogP contribution in [0, 0.1) is 22.7 Å². The third-order valence-corrected chi connectivity index (χ3v) is 17.0. The van der Waals surface area contributed by atoms with Crippen LogP contribution >= 0.6 is 22.7 Å². The van der Waals surface area contributed by atoms with Crippen molar-refractivity contribution in [3.05, 3.63) is 217 Å². The Labute approximate surface area is 408 Å². The van der Waals surface area contributed by atoms with Crippen molar-refractivity contribution in [3.63, 3.8) is 0 Å². The second-order valence-electron chi connectivity index (χ2n) is 18.1. The van der Waals surface area contributed by atoms with Crippen molar-refractivity contribution in [2.75, 3.05) is 0 Å². The molecule has 0 amide bonds. The van der Waals surface area contributed by atoms with E-state index in [1.807, 2.05) is 12.1 Å². The molecule has 0 spiro atoms. The lowest BCUT2D eigenvalue weighted by Gasteiger charge is -2.26. The van der Waals surface area contributed by atoms with Gasteiger partial charge in [-0.25, -0.2) is 0 Å². The molecule has 0 fully saturated rings. The Morgan fingerprint density at radius 2 is 0.686 bits per heavy atom. The van der Waals surface area contributed by atoms with Crippen molar-refractivity contribution in [2.45, 2.75) is 0 Å². The monoisotopic (exact) mass is 922 g/mol. The molecule has 6 heteroatoms. The minimum atomic E-state index is 0.438. The first-order valence-corrected chi connectivity index (χ1v) is 25.0. The van der Waals surface area contributed by atoms with Crippen LogP contribution in [0.1, 0.15) is 11.1 Å². The first-order chi connectivity index (χ1) is 34.7. The van der Waals surface area contributed by atoms with E-state index in [0.717, 1.165) is 103 Å². The van der Waals surface area contributed by atoms with E-state index in [1.54, 1.807) is 22.7 Å². The molecule has 0 N–H and O–H groups in total. The SMILES string of the molecule is N#Cc1c(-c2cccc3ccccc23)c(C#N)c(-n2c3ccccc3c3ccc4c5ccccc5sc4c32)c(-c2cccc3ccccc23)c1-n1c2ccccc2c2ccc3c4ccccc4sc3c21. The molecule has 0 aliphatic carbocycles. The standard InChI is InChI=1S/C64H34N4S2/c65-35-51-57(45-25-13-17-37-15-1-3-19-39(37)45)52(36-66)60(68-54-28-10-6-22-42(54)48-32-34-50-44-24-8-12-30-56(44)70-64(50)62(48)68)58(46-26-14-18-38-16-2-4-20-40(38)46)59(51)67-53-27-9-5-21-41(53)47-31-33-49-43-23-7-11-29-55(43)69-63(49)61(47)67/h1-34H. The van der Waals surface area contributed by atoms with E-state index in [1.165, 1.54) is 30.9 Å². The van der Waals surface area contributed by atoms with Crippen LogP contribution < -0.4 is 0 Å². The number of hydrogen-bond donors (Lipinski definition) is 0. The van der Waals surface area contributed by atoms with Crippen molar-refractivity contribution in [1.82, 2.24) is 9.13 Å². The Balaban J connectivity index is 1.28. The molecule has 15 aromatic rings. The fraction of sp³-hybridized carbons (Fsp3) is 0. The second kappa shape index (κ2) is 14.7. The zero-order valence-corrected chi connectivity index (χ0v) is 38.9. The predicted octanol–water partition coefficient (Wildman–Crippen LogP) is 18.0. The Bertz CT molecular complexity index is 4630. The number of nitriles is 2. The summed E-state index contributed by atoms with van der Waals surface area (Å²) in [6.07, 6.45) is 0. The van der Waals surface area contributed by atoms with Crippen molar-refractivity contribution in [3.8, 4) is 45.8 Å². The fourth-order valence-electron chi connectivity index (χ4n) is 11.7. The van der Waals surface area contributed by atoms with Gasteiger partial charge in [0.05, 0.1) is 54.0 Å². The molecular weight excluding hydrogens is 889 g/mol. The van der Waals surface area contributed by atoms with Crippen molar-refractivity contribution in [2.24, 2.45) is 0 Å². The van der Waals surface area contributed by atoms with Gasteiger partial charge < -0.3 is 9.13 Å². The molecule has 4 nitrogen and oxygen atoms in total. The summed E-state index contributed by atoms with van der Waals surface area (Å²) in [5.41, 5.74) is 9.57. The van der Waals surface area contributed by atoms with Crippen LogP contribution in [0.4, 0.5) is 0 Å². The van der Waals surface area contributed by atoms with Crippen LogP contribution in [-0.4, -0.2) is 9.13 Å². The van der Waals surface area contributed by atoms with E-state index < -0.39 is 0 Å². The second-order valence-corrected chi connectivity index (χ2v) is 20.2. The Hall–Kier alpha value is -9.04. The average Bonchev–Trinajstić information content (AvgIpc) is 4.18. The van der Waals surface area contributed by atoms with Gasteiger partial charge in [0.2, 0.25) is 0 Å². The molecule has 0 unspecified atom stereocenters. The summed E-state index contributed by atoms with van der Waals surface area (Å²) in [5, 5.41) is 37.8. The van der Waals surface area contributed by atoms with Crippen LogP contribution in [0.25, 0.3) is 139 Å². The normalized spacial score (nSPS) is 12.0. The van der Waals surface area contributed by atoms with E-state index in [9.17, 15) is 10.5 Å². The third kappa shape index (κ3) is 5.21. The van der Waals surface area contributed by atoms with E-state index in [0.29, 0.717) is 16.7 Å². The number of hydrogen-bond acceptors (Lipinski definition) is 4. The van der Waals surface area contributed by atoms with E-state index in [2.05, 4.69) is 215 Å². The molecule has 11 aromatic carbocycles. The minimum Gasteiger partial charge on any atom is -0.306 e. The molecule has 0 bridgehead atoms. The van der Waals surface area contributed by atoms with E-state index >= 15 is 0 Å². The van der Waals surface area contributed by atoms with E-state index in [4.69, 9.17) is 0 Å². The summed E-state index contributed by atoms with van der Waals surface area (Å²) in [5.74, 6) is 0. The van der Waals surface area contributed by atoms with Gasteiger partial charge in [-0.3, -0.25) is 0 Å². The van der Waals surface area contributed by atoms with Crippen LogP contribution in [0.2, 0.25) is 0 Å². The zero-order valence-electron chi connectivity index (χ0n) is 37.2. The van der Waals surface area contributed by atoms with Crippen molar-refractivity contribution in [1.29, 1.82) is 10.5 Å². The maximum Gasteiger partial charge on any atom is 0.102 e. The summed E-state index contributed by atoms with van der Waals surface area (Å²) < 4.78 is 9.46. The van der Waals surface area contributed by atoms with Crippen LogP contribution in [0.3, 0.4) is 0 Å². The maximum atomic E-state index is 12.3. The zero-order chi connectivity index (χ0) is 46.2. The van der Waals surface area contributed by atoms with Gasteiger partial charge in [0, 0.05) is 63.6 Å². The van der Waals surface area contributed by atoms with Gasteiger partial charge >= 0.3 is 0 Å².